The van der Waals surface area contributed by atoms with Crippen molar-refractivity contribution in [2.45, 2.75) is 38.6 Å². The van der Waals surface area contributed by atoms with Crippen LogP contribution in [0.5, 0.6) is 0 Å². The van der Waals surface area contributed by atoms with Crippen molar-refractivity contribution in [3.05, 3.63) is 68.8 Å². The number of thiazole rings is 1. The average Bonchev–Trinajstić information content (AvgIpc) is 3.32. The Balaban J connectivity index is 1.56. The number of amides is 1. The molecule has 1 aliphatic rings. The van der Waals surface area contributed by atoms with E-state index in [-0.39, 0.29) is 11.9 Å². The highest BCUT2D eigenvalue weighted by Gasteiger charge is 2.33. The normalized spacial score (nSPS) is 17.3. The van der Waals surface area contributed by atoms with Gasteiger partial charge in [-0.2, -0.15) is 0 Å². The van der Waals surface area contributed by atoms with Gasteiger partial charge in [0.25, 0.3) is 5.91 Å². The molecule has 1 saturated heterocycles. The van der Waals surface area contributed by atoms with Crippen molar-refractivity contribution in [3.8, 4) is 0 Å². The Labute approximate surface area is 167 Å². The summed E-state index contributed by atoms with van der Waals surface area (Å²) in [5.74, 6) is 1.38. The molecule has 3 heterocycles. The van der Waals surface area contributed by atoms with Gasteiger partial charge in [0.15, 0.2) is 0 Å². The van der Waals surface area contributed by atoms with Gasteiger partial charge in [-0.15, -0.1) is 11.3 Å². The van der Waals surface area contributed by atoms with Gasteiger partial charge in [0.1, 0.15) is 16.7 Å². The summed E-state index contributed by atoms with van der Waals surface area (Å²) >= 11 is 7.64. The summed E-state index contributed by atoms with van der Waals surface area (Å²) < 4.78 is 6.03. The lowest BCUT2D eigenvalue weighted by Gasteiger charge is -2.33. The Bertz CT molecular complexity index is 952. The van der Waals surface area contributed by atoms with Crippen molar-refractivity contribution >= 4 is 28.8 Å². The van der Waals surface area contributed by atoms with Gasteiger partial charge in [-0.25, -0.2) is 9.97 Å². The van der Waals surface area contributed by atoms with Crippen LogP contribution in [-0.2, 0) is 6.42 Å². The maximum Gasteiger partial charge on any atom is 0.266 e. The number of oxazole rings is 1. The molecule has 1 fully saturated rings. The first-order valence-electron chi connectivity index (χ1n) is 9.02. The Morgan fingerprint density at radius 2 is 2.19 bits per heavy atom. The fourth-order valence-corrected chi connectivity index (χ4v) is 4.42. The van der Waals surface area contributed by atoms with Crippen molar-refractivity contribution in [1.29, 1.82) is 0 Å². The predicted molar refractivity (Wildman–Crippen MR) is 105 cm³/mol. The van der Waals surface area contributed by atoms with Crippen LogP contribution in [0.2, 0.25) is 5.02 Å². The molecule has 27 heavy (non-hydrogen) atoms. The van der Waals surface area contributed by atoms with E-state index in [2.05, 4.69) is 9.97 Å². The zero-order valence-electron chi connectivity index (χ0n) is 15.0. The van der Waals surface area contributed by atoms with Crippen LogP contribution in [0.15, 0.2) is 40.4 Å². The van der Waals surface area contributed by atoms with Crippen LogP contribution in [0.4, 0.5) is 0 Å². The van der Waals surface area contributed by atoms with Gasteiger partial charge in [-0.1, -0.05) is 29.8 Å². The fraction of sp³-hybridized carbons (Fsp3) is 0.350. The number of carbonyl (C=O) groups is 1. The molecule has 3 aromatic rings. The van der Waals surface area contributed by atoms with Crippen molar-refractivity contribution in [1.82, 2.24) is 14.9 Å². The molecule has 0 radical (unpaired) electrons. The standard InChI is InChI=1S/C20H20ClN3O2S/c1-13-18(27-12-23-13)20(25)24-9-5-4-8-17(24)19-22-11-15(26-19)10-14-6-2-3-7-16(14)21/h2-3,6-7,11-12,17H,4-5,8-10H2,1H3/t17-/m0/s1. The van der Waals surface area contributed by atoms with E-state index in [0.717, 1.165) is 36.3 Å². The van der Waals surface area contributed by atoms with Gasteiger partial charge in [0.2, 0.25) is 5.89 Å². The molecule has 5 nitrogen and oxygen atoms in total. The summed E-state index contributed by atoms with van der Waals surface area (Å²) in [6.45, 7) is 2.58. The molecule has 1 atom stereocenters. The molecule has 1 aromatic carbocycles. The van der Waals surface area contributed by atoms with E-state index < -0.39 is 0 Å². The van der Waals surface area contributed by atoms with Gasteiger partial charge in [-0.3, -0.25) is 4.79 Å². The molecule has 0 bridgehead atoms. The summed E-state index contributed by atoms with van der Waals surface area (Å²) in [7, 11) is 0. The molecule has 2 aromatic heterocycles. The monoisotopic (exact) mass is 401 g/mol. The summed E-state index contributed by atoms with van der Waals surface area (Å²) in [4.78, 5) is 24.3. The van der Waals surface area contributed by atoms with E-state index in [9.17, 15) is 4.79 Å². The predicted octanol–water partition coefficient (Wildman–Crippen LogP) is 5.05. The number of hydrogen-bond donors (Lipinski definition) is 0. The Morgan fingerprint density at radius 3 is 2.96 bits per heavy atom. The van der Waals surface area contributed by atoms with E-state index in [0.29, 0.717) is 28.8 Å². The Morgan fingerprint density at radius 1 is 1.33 bits per heavy atom. The van der Waals surface area contributed by atoms with E-state index in [1.165, 1.54) is 11.3 Å². The minimum atomic E-state index is -0.132. The van der Waals surface area contributed by atoms with Crippen molar-refractivity contribution < 1.29 is 9.21 Å². The second-order valence-electron chi connectivity index (χ2n) is 6.71. The van der Waals surface area contributed by atoms with Gasteiger partial charge < -0.3 is 9.32 Å². The maximum absolute atomic E-state index is 13.0. The number of likely N-dealkylation sites (tertiary alicyclic amines) is 1. The first-order chi connectivity index (χ1) is 13.1. The smallest absolute Gasteiger partial charge is 0.266 e. The molecule has 140 valence electrons. The lowest BCUT2D eigenvalue weighted by Crippen LogP contribution is -2.38. The number of nitrogens with zero attached hydrogens (tertiary/aromatic N) is 3. The lowest BCUT2D eigenvalue weighted by atomic mass is 10.0. The fourth-order valence-electron chi connectivity index (χ4n) is 3.46. The molecule has 0 N–H and O–H groups in total. The molecule has 1 aliphatic heterocycles. The van der Waals surface area contributed by atoms with Crippen molar-refractivity contribution in [3.63, 3.8) is 0 Å². The summed E-state index contributed by atoms with van der Waals surface area (Å²) in [6, 6.07) is 7.58. The minimum absolute atomic E-state index is 0.0190. The van der Waals surface area contributed by atoms with Crippen LogP contribution in [0.3, 0.4) is 0 Å². The Hall–Kier alpha value is -2.18. The van der Waals surface area contributed by atoms with E-state index in [1.54, 1.807) is 11.7 Å². The van der Waals surface area contributed by atoms with E-state index in [4.69, 9.17) is 16.0 Å². The molecule has 0 saturated carbocycles. The number of aryl methyl sites for hydroxylation is 1. The highest BCUT2D eigenvalue weighted by atomic mass is 35.5. The highest BCUT2D eigenvalue weighted by molar-refractivity contribution is 7.11. The third kappa shape index (κ3) is 3.77. The van der Waals surface area contributed by atoms with Crippen LogP contribution in [0.25, 0.3) is 0 Å². The average molecular weight is 402 g/mol. The summed E-state index contributed by atoms with van der Waals surface area (Å²) in [5, 5.41) is 0.714. The molecule has 0 unspecified atom stereocenters. The SMILES string of the molecule is Cc1ncsc1C(=O)N1CCCC[C@H]1c1ncc(Cc2ccccc2Cl)o1. The number of benzene rings is 1. The second kappa shape index (κ2) is 7.82. The van der Waals surface area contributed by atoms with Gasteiger partial charge in [0, 0.05) is 18.0 Å². The number of hydrogen-bond acceptors (Lipinski definition) is 5. The van der Waals surface area contributed by atoms with Crippen LogP contribution < -0.4 is 0 Å². The quantitative estimate of drug-likeness (QED) is 0.613. The second-order valence-corrected chi connectivity index (χ2v) is 7.97. The van der Waals surface area contributed by atoms with E-state index >= 15 is 0 Å². The van der Waals surface area contributed by atoms with Gasteiger partial charge >= 0.3 is 0 Å². The minimum Gasteiger partial charge on any atom is -0.443 e. The van der Waals surface area contributed by atoms with Crippen molar-refractivity contribution in [2.24, 2.45) is 0 Å². The van der Waals surface area contributed by atoms with Crippen LogP contribution in [-0.4, -0.2) is 27.3 Å². The number of halogens is 1. The third-order valence-corrected chi connectivity index (χ3v) is 6.17. The largest absolute Gasteiger partial charge is 0.443 e. The van der Waals surface area contributed by atoms with Gasteiger partial charge in [-0.05, 0) is 37.8 Å². The lowest BCUT2D eigenvalue weighted by molar-refractivity contribution is 0.0574. The van der Waals surface area contributed by atoms with Crippen LogP contribution in [0, 0.1) is 6.92 Å². The molecule has 0 aliphatic carbocycles. The number of carbonyl (C=O) groups excluding carboxylic acids is 1. The molecule has 4 rings (SSSR count). The number of rotatable bonds is 4. The van der Waals surface area contributed by atoms with Crippen molar-refractivity contribution in [2.75, 3.05) is 6.54 Å². The zero-order chi connectivity index (χ0) is 18.8. The zero-order valence-corrected chi connectivity index (χ0v) is 16.6. The van der Waals surface area contributed by atoms with Crippen LogP contribution in [0.1, 0.15) is 57.9 Å². The summed E-state index contributed by atoms with van der Waals surface area (Å²) in [6.07, 6.45) is 5.23. The topological polar surface area (TPSA) is 59.2 Å². The first-order valence-corrected chi connectivity index (χ1v) is 10.3. The molecule has 0 spiro atoms. The number of aromatic nitrogens is 2. The molecule has 1 amide bonds. The summed E-state index contributed by atoms with van der Waals surface area (Å²) in [5.41, 5.74) is 3.49. The Kier molecular flexibility index (Phi) is 5.27. The van der Waals surface area contributed by atoms with Gasteiger partial charge in [0.05, 0.1) is 17.4 Å². The maximum atomic E-state index is 13.0. The first kappa shape index (κ1) is 18.2. The number of piperidine rings is 1. The molecule has 7 heteroatoms. The van der Waals surface area contributed by atoms with Crippen LogP contribution >= 0.6 is 22.9 Å². The van der Waals surface area contributed by atoms with E-state index in [1.807, 2.05) is 36.1 Å². The molecular weight excluding hydrogens is 382 g/mol. The highest BCUT2D eigenvalue weighted by Crippen LogP contribution is 2.33. The molecular formula is C20H20ClN3O2S. The third-order valence-electron chi connectivity index (χ3n) is 4.88.